The summed E-state index contributed by atoms with van der Waals surface area (Å²) in [6, 6.07) is 4.05. The van der Waals surface area contributed by atoms with Gasteiger partial charge in [0.15, 0.2) is 0 Å². The summed E-state index contributed by atoms with van der Waals surface area (Å²) < 4.78 is 7.11. The number of hydrogen-bond donors (Lipinski definition) is 0. The van der Waals surface area contributed by atoms with Crippen LogP contribution in [0.25, 0.3) is 0 Å². The lowest BCUT2D eigenvalue weighted by Crippen LogP contribution is -2.54. The molecule has 1 aromatic rings. The fourth-order valence-electron chi connectivity index (χ4n) is 4.10. The number of carbonyl (C=O) groups is 1. The number of rotatable bonds is 3. The highest BCUT2D eigenvalue weighted by atomic mass is 35.5. The standard InChI is InChI=1S/C19H29N5O3.ClH/c1-21-18(25)6-5-17(20-21)23-9-7-16(8-10-23)27-19(26)24-13-11-22(12-14-24)15-3-2-4-15;/h5-6,15-16H,2-4,7-14H2,1H3;1H. The molecule has 0 bridgehead atoms. The van der Waals surface area contributed by atoms with E-state index in [-0.39, 0.29) is 30.2 Å². The minimum atomic E-state index is -0.165. The Hall–Kier alpha value is -1.80. The van der Waals surface area contributed by atoms with Crippen molar-refractivity contribution in [3.05, 3.63) is 22.5 Å². The molecule has 0 aromatic carbocycles. The molecule has 28 heavy (non-hydrogen) atoms. The first-order chi connectivity index (χ1) is 13.1. The Morgan fingerprint density at radius 1 is 1.04 bits per heavy atom. The molecule has 2 aliphatic heterocycles. The average Bonchev–Trinajstić information content (AvgIpc) is 2.64. The number of amides is 1. The Morgan fingerprint density at radius 3 is 2.29 bits per heavy atom. The van der Waals surface area contributed by atoms with Crippen LogP contribution in [0, 0.1) is 0 Å². The second kappa shape index (κ2) is 9.13. The fourth-order valence-corrected chi connectivity index (χ4v) is 4.10. The predicted octanol–water partition coefficient (Wildman–Crippen LogP) is 1.48. The van der Waals surface area contributed by atoms with Gasteiger partial charge in [0.05, 0.1) is 0 Å². The Kier molecular flexibility index (Phi) is 6.82. The third-order valence-electron chi connectivity index (χ3n) is 6.14. The smallest absolute Gasteiger partial charge is 0.410 e. The van der Waals surface area contributed by atoms with Crippen molar-refractivity contribution in [2.75, 3.05) is 44.2 Å². The van der Waals surface area contributed by atoms with Gasteiger partial charge in [-0.05, 0) is 18.9 Å². The molecule has 2 saturated heterocycles. The van der Waals surface area contributed by atoms with E-state index < -0.39 is 0 Å². The predicted molar refractivity (Wildman–Crippen MR) is 109 cm³/mol. The lowest BCUT2D eigenvalue weighted by atomic mass is 9.91. The van der Waals surface area contributed by atoms with Gasteiger partial charge in [0.1, 0.15) is 11.9 Å². The van der Waals surface area contributed by atoms with Gasteiger partial charge in [-0.25, -0.2) is 9.48 Å². The third-order valence-corrected chi connectivity index (χ3v) is 6.14. The SMILES string of the molecule is Cl.Cn1nc(N2CCC(OC(=O)N3CCN(C4CCC4)CC3)CC2)ccc1=O. The number of nitrogens with zero attached hydrogens (tertiary/aromatic N) is 5. The normalized spacial score (nSPS) is 21.8. The largest absolute Gasteiger partial charge is 0.446 e. The maximum absolute atomic E-state index is 12.5. The molecule has 8 nitrogen and oxygen atoms in total. The summed E-state index contributed by atoms with van der Waals surface area (Å²) in [5.41, 5.74) is -0.111. The molecule has 0 atom stereocenters. The van der Waals surface area contributed by atoms with Gasteiger partial charge in [0.25, 0.3) is 5.56 Å². The summed E-state index contributed by atoms with van der Waals surface area (Å²) in [4.78, 5) is 30.5. The van der Waals surface area contributed by atoms with Crippen LogP contribution in [0.2, 0.25) is 0 Å². The van der Waals surface area contributed by atoms with E-state index >= 15 is 0 Å². The van der Waals surface area contributed by atoms with Gasteiger partial charge in [0.2, 0.25) is 0 Å². The molecule has 3 fully saturated rings. The first-order valence-corrected chi connectivity index (χ1v) is 10.1. The quantitative estimate of drug-likeness (QED) is 0.750. The van der Waals surface area contributed by atoms with Crippen LogP contribution in [-0.4, -0.2) is 77.1 Å². The average molecular weight is 412 g/mol. The summed E-state index contributed by atoms with van der Waals surface area (Å²) in [7, 11) is 1.66. The van der Waals surface area contributed by atoms with Gasteiger partial charge in [-0.3, -0.25) is 9.69 Å². The minimum absolute atomic E-state index is 0. The van der Waals surface area contributed by atoms with Gasteiger partial charge in [0, 0.05) is 71.3 Å². The molecule has 3 heterocycles. The second-order valence-electron chi connectivity index (χ2n) is 7.83. The molecule has 1 amide bonds. The van der Waals surface area contributed by atoms with Crippen LogP contribution in [0.15, 0.2) is 16.9 Å². The van der Waals surface area contributed by atoms with E-state index in [4.69, 9.17) is 4.74 Å². The Morgan fingerprint density at radius 2 is 1.71 bits per heavy atom. The minimum Gasteiger partial charge on any atom is -0.446 e. The number of carbonyl (C=O) groups excluding carboxylic acids is 1. The number of aromatic nitrogens is 2. The molecule has 9 heteroatoms. The van der Waals surface area contributed by atoms with Gasteiger partial charge in [-0.2, -0.15) is 5.10 Å². The lowest BCUT2D eigenvalue weighted by Gasteiger charge is -2.43. The van der Waals surface area contributed by atoms with E-state index in [1.54, 1.807) is 13.1 Å². The molecule has 1 aliphatic carbocycles. The summed E-state index contributed by atoms with van der Waals surface area (Å²) in [6.45, 7) is 5.04. The van der Waals surface area contributed by atoms with E-state index in [9.17, 15) is 9.59 Å². The topological polar surface area (TPSA) is 70.9 Å². The zero-order valence-corrected chi connectivity index (χ0v) is 17.3. The van der Waals surface area contributed by atoms with Crippen LogP contribution >= 0.6 is 12.4 Å². The molecule has 4 rings (SSSR count). The maximum Gasteiger partial charge on any atom is 0.410 e. The van der Waals surface area contributed by atoms with Crippen LogP contribution in [0.5, 0.6) is 0 Å². The molecular weight excluding hydrogens is 382 g/mol. The van der Waals surface area contributed by atoms with Crippen LogP contribution < -0.4 is 10.5 Å². The summed E-state index contributed by atoms with van der Waals surface area (Å²) >= 11 is 0. The van der Waals surface area contributed by atoms with Crippen molar-refractivity contribution in [2.24, 2.45) is 7.05 Å². The highest BCUT2D eigenvalue weighted by Crippen LogP contribution is 2.26. The van der Waals surface area contributed by atoms with Crippen molar-refractivity contribution in [1.29, 1.82) is 0 Å². The fraction of sp³-hybridized carbons (Fsp3) is 0.737. The van der Waals surface area contributed by atoms with Crippen LogP contribution in [-0.2, 0) is 11.8 Å². The van der Waals surface area contributed by atoms with E-state index in [1.807, 2.05) is 4.90 Å². The zero-order chi connectivity index (χ0) is 18.8. The highest BCUT2D eigenvalue weighted by Gasteiger charge is 2.31. The first-order valence-electron chi connectivity index (χ1n) is 10.1. The van der Waals surface area contributed by atoms with Crippen molar-refractivity contribution in [3.63, 3.8) is 0 Å². The number of piperazine rings is 1. The van der Waals surface area contributed by atoms with E-state index in [0.717, 1.165) is 64.0 Å². The maximum atomic E-state index is 12.5. The molecule has 0 radical (unpaired) electrons. The number of ether oxygens (including phenoxy) is 1. The number of halogens is 1. The van der Waals surface area contributed by atoms with Crippen molar-refractivity contribution >= 4 is 24.3 Å². The molecule has 3 aliphatic rings. The Labute approximate surface area is 171 Å². The monoisotopic (exact) mass is 411 g/mol. The summed E-state index contributed by atoms with van der Waals surface area (Å²) in [5.74, 6) is 0.800. The molecular formula is C19H30ClN5O3. The molecule has 1 aromatic heterocycles. The van der Waals surface area contributed by atoms with Crippen molar-refractivity contribution in [1.82, 2.24) is 19.6 Å². The van der Waals surface area contributed by atoms with Crippen molar-refractivity contribution < 1.29 is 9.53 Å². The molecule has 0 N–H and O–H groups in total. The first kappa shape index (κ1) is 20.9. The van der Waals surface area contributed by atoms with E-state index in [1.165, 1.54) is 30.0 Å². The third kappa shape index (κ3) is 4.60. The summed E-state index contributed by atoms with van der Waals surface area (Å²) in [5, 5.41) is 4.30. The summed E-state index contributed by atoms with van der Waals surface area (Å²) in [6.07, 6.45) is 5.35. The highest BCUT2D eigenvalue weighted by molar-refractivity contribution is 5.85. The van der Waals surface area contributed by atoms with E-state index in [2.05, 4.69) is 14.9 Å². The second-order valence-corrected chi connectivity index (χ2v) is 7.83. The number of anilines is 1. The van der Waals surface area contributed by atoms with Gasteiger partial charge in [-0.1, -0.05) is 6.42 Å². The van der Waals surface area contributed by atoms with Gasteiger partial charge >= 0.3 is 6.09 Å². The van der Waals surface area contributed by atoms with Crippen molar-refractivity contribution in [3.8, 4) is 0 Å². The van der Waals surface area contributed by atoms with Crippen LogP contribution in [0.4, 0.5) is 10.6 Å². The van der Waals surface area contributed by atoms with Gasteiger partial charge < -0.3 is 14.5 Å². The number of aryl methyl sites for hydroxylation is 1. The molecule has 156 valence electrons. The Bertz CT molecular complexity index is 723. The Balaban J connectivity index is 0.00000225. The van der Waals surface area contributed by atoms with Crippen LogP contribution in [0.1, 0.15) is 32.1 Å². The number of piperidine rings is 1. The zero-order valence-electron chi connectivity index (χ0n) is 16.5. The van der Waals surface area contributed by atoms with Crippen molar-refractivity contribution in [2.45, 2.75) is 44.2 Å². The molecule has 0 unspecified atom stereocenters. The molecule has 0 spiro atoms. The number of hydrogen-bond acceptors (Lipinski definition) is 6. The van der Waals surface area contributed by atoms with Gasteiger partial charge in [-0.15, -0.1) is 12.4 Å². The molecule has 1 saturated carbocycles. The van der Waals surface area contributed by atoms with E-state index in [0.29, 0.717) is 0 Å². The lowest BCUT2D eigenvalue weighted by molar-refractivity contribution is 0.0230. The van der Waals surface area contributed by atoms with Crippen LogP contribution in [0.3, 0.4) is 0 Å².